The average molecular weight is 280 g/mol. The van der Waals surface area contributed by atoms with Gasteiger partial charge in [0.05, 0.1) is 18.7 Å². The predicted molar refractivity (Wildman–Crippen MR) is 76.5 cm³/mol. The van der Waals surface area contributed by atoms with Gasteiger partial charge in [0.2, 0.25) is 0 Å². The topological polar surface area (TPSA) is 61.2 Å². The van der Waals surface area contributed by atoms with Crippen LogP contribution in [-0.2, 0) is 33.7 Å². The van der Waals surface area contributed by atoms with E-state index in [0.29, 0.717) is 19.4 Å². The number of nitrogens with zero attached hydrogens (tertiary/aromatic N) is 2. The Labute approximate surface area is 120 Å². The summed E-state index contributed by atoms with van der Waals surface area (Å²) >= 11 is 0. The molecule has 0 aliphatic rings. The number of Topliss-reactive ketones (excluding diaryl/α,β-unsaturated/α-hetero) is 1. The van der Waals surface area contributed by atoms with Crippen LogP contribution in [0.5, 0.6) is 0 Å². The molecule has 0 fully saturated rings. The van der Waals surface area contributed by atoms with Gasteiger partial charge in [-0.1, -0.05) is 6.92 Å². The van der Waals surface area contributed by atoms with E-state index in [4.69, 9.17) is 4.74 Å². The summed E-state index contributed by atoms with van der Waals surface area (Å²) in [6.07, 6.45) is 2.48. The van der Waals surface area contributed by atoms with Crippen LogP contribution in [0.3, 0.4) is 0 Å². The van der Waals surface area contributed by atoms with Crippen molar-refractivity contribution in [2.75, 3.05) is 6.61 Å². The van der Waals surface area contributed by atoms with Crippen molar-refractivity contribution in [3.05, 3.63) is 17.5 Å². The highest BCUT2D eigenvalue weighted by atomic mass is 16.5. The number of rotatable bonds is 9. The molecular weight excluding hydrogens is 256 g/mol. The zero-order valence-corrected chi connectivity index (χ0v) is 12.6. The first-order valence-corrected chi connectivity index (χ1v) is 7.33. The molecule has 1 aromatic heterocycles. The lowest BCUT2D eigenvalue weighted by Crippen LogP contribution is -2.09. The lowest BCUT2D eigenvalue weighted by molar-refractivity contribution is -0.144. The van der Waals surface area contributed by atoms with E-state index >= 15 is 0 Å². The van der Waals surface area contributed by atoms with Crippen molar-refractivity contribution in [1.29, 1.82) is 0 Å². The molecule has 0 unspecified atom stereocenters. The van der Waals surface area contributed by atoms with Gasteiger partial charge in [0, 0.05) is 25.1 Å². The van der Waals surface area contributed by atoms with Crippen molar-refractivity contribution < 1.29 is 14.3 Å². The summed E-state index contributed by atoms with van der Waals surface area (Å²) in [6.45, 7) is 7.04. The van der Waals surface area contributed by atoms with Gasteiger partial charge in [-0.05, 0) is 32.8 Å². The summed E-state index contributed by atoms with van der Waals surface area (Å²) < 4.78 is 6.75. The summed E-state index contributed by atoms with van der Waals surface area (Å²) in [5.74, 6) is -0.201. The highest BCUT2D eigenvalue weighted by Crippen LogP contribution is 2.10. The molecule has 0 saturated carbocycles. The van der Waals surface area contributed by atoms with Gasteiger partial charge >= 0.3 is 5.97 Å². The van der Waals surface area contributed by atoms with Gasteiger partial charge in [-0.25, -0.2) is 0 Å². The maximum Gasteiger partial charge on any atom is 0.306 e. The molecule has 0 N–H and O–H groups in total. The molecule has 0 spiro atoms. The summed E-state index contributed by atoms with van der Waals surface area (Å²) in [5.41, 5.74) is 2.15. The maximum atomic E-state index is 11.8. The van der Waals surface area contributed by atoms with E-state index in [1.54, 1.807) is 6.92 Å². The Hall–Kier alpha value is -1.65. The number of hydrogen-bond donors (Lipinski definition) is 0. The molecule has 0 aromatic carbocycles. The second-order valence-electron chi connectivity index (χ2n) is 4.64. The van der Waals surface area contributed by atoms with E-state index in [9.17, 15) is 9.59 Å². The van der Waals surface area contributed by atoms with E-state index in [1.807, 2.05) is 11.6 Å². The molecule has 5 nitrogen and oxygen atoms in total. The van der Waals surface area contributed by atoms with Crippen molar-refractivity contribution in [2.24, 2.45) is 0 Å². The molecule has 20 heavy (non-hydrogen) atoms. The lowest BCUT2D eigenvalue weighted by atomic mass is 10.1. The third kappa shape index (κ3) is 5.15. The Kier molecular flexibility index (Phi) is 6.98. The first kappa shape index (κ1) is 16.4. The van der Waals surface area contributed by atoms with Gasteiger partial charge < -0.3 is 4.74 Å². The molecule has 0 radical (unpaired) electrons. The van der Waals surface area contributed by atoms with Crippen LogP contribution in [0.25, 0.3) is 0 Å². The Balaban J connectivity index is 2.40. The number of esters is 1. The summed E-state index contributed by atoms with van der Waals surface area (Å²) in [5, 5.41) is 4.45. The monoisotopic (exact) mass is 280 g/mol. The normalized spacial score (nSPS) is 10.6. The van der Waals surface area contributed by atoms with Gasteiger partial charge in [-0.15, -0.1) is 0 Å². The molecule has 5 heteroatoms. The average Bonchev–Trinajstić information content (AvgIpc) is 2.85. The zero-order chi connectivity index (χ0) is 15.0. The van der Waals surface area contributed by atoms with Crippen LogP contribution in [0.15, 0.2) is 6.07 Å². The fourth-order valence-electron chi connectivity index (χ4n) is 2.03. The van der Waals surface area contributed by atoms with Crippen molar-refractivity contribution in [3.8, 4) is 0 Å². The lowest BCUT2D eigenvalue weighted by Gasteiger charge is -2.04. The summed E-state index contributed by atoms with van der Waals surface area (Å²) in [7, 11) is 0. The van der Waals surface area contributed by atoms with E-state index < -0.39 is 0 Å². The standard InChI is InChI=1S/C15H24N2O3/c1-4-12-11-13(17(5-2)16-12)7-8-14(18)9-10-15(19)20-6-3/h11H,4-10H2,1-3H3. The number of carbonyl (C=O) groups is 2. The van der Waals surface area contributed by atoms with E-state index in [2.05, 4.69) is 18.1 Å². The first-order chi connectivity index (χ1) is 9.60. The Morgan fingerprint density at radius 1 is 1.20 bits per heavy atom. The SMILES string of the molecule is CCOC(=O)CCC(=O)CCc1cc(CC)nn1CC. The number of hydrogen-bond acceptors (Lipinski definition) is 4. The number of aromatic nitrogens is 2. The van der Waals surface area contributed by atoms with Crippen molar-refractivity contribution in [1.82, 2.24) is 9.78 Å². The fraction of sp³-hybridized carbons (Fsp3) is 0.667. The smallest absolute Gasteiger partial charge is 0.306 e. The van der Waals surface area contributed by atoms with Gasteiger partial charge in [-0.3, -0.25) is 14.3 Å². The minimum atomic E-state index is -0.298. The quantitative estimate of drug-likeness (QED) is 0.651. The molecule has 0 bridgehead atoms. The molecule has 1 rings (SSSR count). The third-order valence-electron chi connectivity index (χ3n) is 3.15. The summed E-state index contributed by atoms with van der Waals surface area (Å²) in [6, 6.07) is 2.06. The largest absolute Gasteiger partial charge is 0.466 e. The van der Waals surface area contributed by atoms with Crippen LogP contribution in [0.1, 0.15) is 51.4 Å². The number of aryl methyl sites for hydroxylation is 3. The molecule has 0 atom stereocenters. The predicted octanol–water partition coefficient (Wildman–Crippen LogP) is 2.31. The molecule has 0 aliphatic heterocycles. The minimum Gasteiger partial charge on any atom is -0.466 e. The van der Waals surface area contributed by atoms with Crippen molar-refractivity contribution >= 4 is 11.8 Å². The fourth-order valence-corrected chi connectivity index (χ4v) is 2.03. The van der Waals surface area contributed by atoms with Crippen molar-refractivity contribution in [2.45, 2.75) is 59.4 Å². The molecular formula is C15H24N2O3. The van der Waals surface area contributed by atoms with E-state index in [1.165, 1.54) is 0 Å². The van der Waals surface area contributed by atoms with Gasteiger partial charge in [0.15, 0.2) is 0 Å². The first-order valence-electron chi connectivity index (χ1n) is 7.33. The zero-order valence-electron chi connectivity index (χ0n) is 12.6. The van der Waals surface area contributed by atoms with Gasteiger partial charge in [0.25, 0.3) is 0 Å². The van der Waals surface area contributed by atoms with Crippen LogP contribution in [-0.4, -0.2) is 28.1 Å². The van der Waals surface area contributed by atoms with Gasteiger partial charge in [0.1, 0.15) is 5.78 Å². The number of ether oxygens (including phenoxy) is 1. The molecule has 1 heterocycles. The van der Waals surface area contributed by atoms with Crippen LogP contribution < -0.4 is 0 Å². The molecule has 0 amide bonds. The number of ketones is 1. The van der Waals surface area contributed by atoms with Crippen LogP contribution in [0.2, 0.25) is 0 Å². The third-order valence-corrected chi connectivity index (χ3v) is 3.15. The molecule has 0 saturated heterocycles. The maximum absolute atomic E-state index is 11.8. The second-order valence-corrected chi connectivity index (χ2v) is 4.64. The molecule has 1 aromatic rings. The molecule has 0 aliphatic carbocycles. The van der Waals surface area contributed by atoms with Crippen LogP contribution in [0, 0.1) is 0 Å². The van der Waals surface area contributed by atoms with E-state index in [0.717, 1.165) is 24.4 Å². The minimum absolute atomic E-state index is 0.0972. The van der Waals surface area contributed by atoms with Crippen LogP contribution in [0.4, 0.5) is 0 Å². The number of carbonyl (C=O) groups excluding carboxylic acids is 2. The molecule has 112 valence electrons. The van der Waals surface area contributed by atoms with Crippen LogP contribution >= 0.6 is 0 Å². The van der Waals surface area contributed by atoms with Crippen molar-refractivity contribution in [3.63, 3.8) is 0 Å². The highest BCUT2D eigenvalue weighted by Gasteiger charge is 2.10. The highest BCUT2D eigenvalue weighted by molar-refractivity contribution is 5.83. The van der Waals surface area contributed by atoms with E-state index in [-0.39, 0.29) is 24.6 Å². The summed E-state index contributed by atoms with van der Waals surface area (Å²) in [4.78, 5) is 22.9. The Bertz CT molecular complexity index is 452. The Morgan fingerprint density at radius 3 is 2.55 bits per heavy atom. The van der Waals surface area contributed by atoms with Gasteiger partial charge in [-0.2, -0.15) is 5.10 Å². The second kappa shape index (κ2) is 8.51. The Morgan fingerprint density at radius 2 is 1.95 bits per heavy atom.